The van der Waals surface area contributed by atoms with Crippen molar-refractivity contribution in [2.75, 3.05) is 12.4 Å². The number of carbonyl (C=O) groups is 2. The van der Waals surface area contributed by atoms with E-state index in [1.165, 1.54) is 0 Å². The maximum Gasteiger partial charge on any atom is 0.319 e. The van der Waals surface area contributed by atoms with Crippen molar-refractivity contribution in [2.45, 2.75) is 6.54 Å². The van der Waals surface area contributed by atoms with E-state index < -0.39 is 0 Å². The predicted octanol–water partition coefficient (Wildman–Crippen LogP) is 1.10. The molecule has 110 valence electrons. The van der Waals surface area contributed by atoms with Crippen molar-refractivity contribution in [1.82, 2.24) is 20.4 Å². The first-order valence-corrected chi connectivity index (χ1v) is 6.43. The third-order valence-corrected chi connectivity index (χ3v) is 2.86. The van der Waals surface area contributed by atoms with Gasteiger partial charge in [0.05, 0.1) is 11.9 Å². The van der Waals surface area contributed by atoms with Crippen molar-refractivity contribution in [1.29, 1.82) is 0 Å². The van der Waals surface area contributed by atoms with Gasteiger partial charge in [0.15, 0.2) is 0 Å². The second kappa shape index (κ2) is 6.56. The number of hydrogen-bond acceptors (Lipinski definition) is 3. The van der Waals surface area contributed by atoms with Crippen LogP contribution in [0.2, 0.25) is 0 Å². The first kappa shape index (κ1) is 14.6. The molecule has 0 fully saturated rings. The Morgan fingerprint density at radius 3 is 2.52 bits per heavy atom. The van der Waals surface area contributed by atoms with E-state index in [0.717, 1.165) is 5.56 Å². The molecule has 0 unspecified atom stereocenters. The van der Waals surface area contributed by atoms with Gasteiger partial charge >= 0.3 is 6.03 Å². The molecule has 0 saturated carbocycles. The lowest BCUT2D eigenvalue weighted by Crippen LogP contribution is -2.28. The third kappa shape index (κ3) is 4.07. The van der Waals surface area contributed by atoms with Crippen molar-refractivity contribution in [2.24, 2.45) is 7.05 Å². The van der Waals surface area contributed by atoms with Gasteiger partial charge < -0.3 is 16.0 Å². The van der Waals surface area contributed by atoms with Gasteiger partial charge in [0.1, 0.15) is 0 Å². The molecular formula is C14H17N5O2. The smallest absolute Gasteiger partial charge is 0.319 e. The highest BCUT2D eigenvalue weighted by atomic mass is 16.2. The van der Waals surface area contributed by atoms with Crippen LogP contribution in [0.3, 0.4) is 0 Å². The molecule has 0 aliphatic carbocycles. The minimum atomic E-state index is -0.307. The molecule has 0 aliphatic rings. The summed E-state index contributed by atoms with van der Waals surface area (Å²) in [6.07, 6.45) is 3.27. The predicted molar refractivity (Wildman–Crippen MR) is 78.9 cm³/mol. The van der Waals surface area contributed by atoms with Crippen LogP contribution in [0, 0.1) is 0 Å². The standard InChI is InChI=1S/C14H17N5O2/c1-15-13(20)11-5-3-10(4-6-11)7-16-14(21)18-12-8-17-19(2)9-12/h3-6,8-9H,7H2,1-2H3,(H,15,20)(H2,16,18,21). The summed E-state index contributed by atoms with van der Waals surface area (Å²) < 4.78 is 1.60. The van der Waals surface area contributed by atoms with Crippen LogP contribution in [0.5, 0.6) is 0 Å². The van der Waals surface area contributed by atoms with Crippen LogP contribution in [-0.2, 0) is 13.6 Å². The van der Waals surface area contributed by atoms with Gasteiger partial charge in [-0.2, -0.15) is 5.10 Å². The molecule has 1 aromatic carbocycles. The molecular weight excluding hydrogens is 270 g/mol. The van der Waals surface area contributed by atoms with Crippen molar-refractivity contribution >= 4 is 17.6 Å². The fraction of sp³-hybridized carbons (Fsp3) is 0.214. The molecule has 0 bridgehead atoms. The summed E-state index contributed by atoms with van der Waals surface area (Å²) in [6, 6.07) is 6.73. The largest absolute Gasteiger partial charge is 0.355 e. The molecule has 3 N–H and O–H groups in total. The second-order valence-electron chi connectivity index (χ2n) is 4.49. The summed E-state index contributed by atoms with van der Waals surface area (Å²) in [5.74, 6) is -0.135. The van der Waals surface area contributed by atoms with E-state index in [9.17, 15) is 9.59 Å². The molecule has 21 heavy (non-hydrogen) atoms. The number of aryl methyl sites for hydroxylation is 1. The number of urea groups is 1. The Bertz CT molecular complexity index is 633. The quantitative estimate of drug-likeness (QED) is 0.787. The minimum Gasteiger partial charge on any atom is -0.355 e. The zero-order valence-electron chi connectivity index (χ0n) is 11.9. The Morgan fingerprint density at radius 1 is 1.24 bits per heavy atom. The fourth-order valence-corrected chi connectivity index (χ4v) is 1.76. The summed E-state index contributed by atoms with van der Waals surface area (Å²) in [7, 11) is 3.36. The molecule has 3 amide bonds. The SMILES string of the molecule is CNC(=O)c1ccc(CNC(=O)Nc2cnn(C)c2)cc1. The summed E-state index contributed by atoms with van der Waals surface area (Å²) in [5.41, 5.74) is 2.12. The number of nitrogens with zero attached hydrogens (tertiary/aromatic N) is 2. The molecule has 7 nitrogen and oxygen atoms in total. The first-order valence-electron chi connectivity index (χ1n) is 6.43. The number of benzene rings is 1. The number of nitrogens with one attached hydrogen (secondary N) is 3. The second-order valence-corrected chi connectivity index (χ2v) is 4.49. The normalized spacial score (nSPS) is 10.0. The number of aromatic nitrogens is 2. The van der Waals surface area contributed by atoms with Crippen LogP contribution in [0.1, 0.15) is 15.9 Å². The van der Waals surface area contributed by atoms with E-state index in [0.29, 0.717) is 17.8 Å². The molecule has 0 saturated heterocycles. The van der Waals surface area contributed by atoms with Gasteiger partial charge in [0.25, 0.3) is 5.91 Å². The average Bonchev–Trinajstić information content (AvgIpc) is 2.90. The van der Waals surface area contributed by atoms with Crippen molar-refractivity contribution < 1.29 is 9.59 Å². The Morgan fingerprint density at radius 2 is 1.95 bits per heavy atom. The van der Waals surface area contributed by atoms with Crippen molar-refractivity contribution in [3.05, 3.63) is 47.8 Å². The van der Waals surface area contributed by atoms with Crippen LogP contribution in [0.4, 0.5) is 10.5 Å². The molecule has 7 heteroatoms. The lowest BCUT2D eigenvalue weighted by Gasteiger charge is -2.07. The van der Waals surface area contributed by atoms with E-state index in [-0.39, 0.29) is 11.9 Å². The minimum absolute atomic E-state index is 0.135. The maximum atomic E-state index is 11.7. The summed E-state index contributed by atoms with van der Waals surface area (Å²) in [4.78, 5) is 23.1. The van der Waals surface area contributed by atoms with Gasteiger partial charge in [-0.05, 0) is 17.7 Å². The summed E-state index contributed by atoms with van der Waals surface area (Å²) in [6.45, 7) is 0.375. The molecule has 1 aromatic heterocycles. The van der Waals surface area contributed by atoms with Crippen LogP contribution >= 0.6 is 0 Å². The number of rotatable bonds is 4. The highest BCUT2D eigenvalue weighted by molar-refractivity contribution is 5.94. The molecule has 1 heterocycles. The monoisotopic (exact) mass is 287 g/mol. The molecule has 0 aliphatic heterocycles. The van der Waals surface area contributed by atoms with Crippen LogP contribution in [0.15, 0.2) is 36.7 Å². The lowest BCUT2D eigenvalue weighted by molar-refractivity contribution is 0.0963. The van der Waals surface area contributed by atoms with E-state index in [1.54, 1.807) is 55.4 Å². The summed E-state index contributed by atoms with van der Waals surface area (Å²) >= 11 is 0. The number of anilines is 1. The topological polar surface area (TPSA) is 88.1 Å². The van der Waals surface area contributed by atoms with Crippen LogP contribution in [-0.4, -0.2) is 28.8 Å². The molecule has 0 radical (unpaired) electrons. The number of hydrogen-bond donors (Lipinski definition) is 3. The van der Waals surface area contributed by atoms with Gasteiger partial charge in [-0.15, -0.1) is 0 Å². The zero-order valence-corrected chi connectivity index (χ0v) is 11.9. The fourth-order valence-electron chi connectivity index (χ4n) is 1.76. The first-order chi connectivity index (χ1) is 10.1. The average molecular weight is 287 g/mol. The highest BCUT2D eigenvalue weighted by Crippen LogP contribution is 2.05. The highest BCUT2D eigenvalue weighted by Gasteiger charge is 2.05. The maximum absolute atomic E-state index is 11.7. The lowest BCUT2D eigenvalue weighted by atomic mass is 10.1. The van der Waals surface area contributed by atoms with Crippen LogP contribution in [0.25, 0.3) is 0 Å². The van der Waals surface area contributed by atoms with Gasteiger partial charge in [0, 0.05) is 32.4 Å². The van der Waals surface area contributed by atoms with Crippen molar-refractivity contribution in [3.63, 3.8) is 0 Å². The number of carbonyl (C=O) groups excluding carboxylic acids is 2. The van der Waals surface area contributed by atoms with Gasteiger partial charge in [-0.25, -0.2) is 4.79 Å². The zero-order chi connectivity index (χ0) is 15.2. The molecule has 2 rings (SSSR count). The van der Waals surface area contributed by atoms with Crippen LogP contribution < -0.4 is 16.0 Å². The Balaban J connectivity index is 1.85. The van der Waals surface area contributed by atoms with Gasteiger partial charge in [-0.1, -0.05) is 12.1 Å². The molecule has 2 aromatic rings. The van der Waals surface area contributed by atoms with E-state index in [2.05, 4.69) is 21.0 Å². The van der Waals surface area contributed by atoms with Gasteiger partial charge in [-0.3, -0.25) is 9.48 Å². The Labute approximate surface area is 122 Å². The molecule has 0 atom stereocenters. The molecule has 0 spiro atoms. The third-order valence-electron chi connectivity index (χ3n) is 2.86. The number of amides is 3. The Kier molecular flexibility index (Phi) is 4.55. The van der Waals surface area contributed by atoms with E-state index in [4.69, 9.17) is 0 Å². The summed E-state index contributed by atoms with van der Waals surface area (Å²) in [5, 5.41) is 11.9. The van der Waals surface area contributed by atoms with E-state index >= 15 is 0 Å². The van der Waals surface area contributed by atoms with E-state index in [1.807, 2.05) is 0 Å². The van der Waals surface area contributed by atoms with Crippen molar-refractivity contribution in [3.8, 4) is 0 Å². The van der Waals surface area contributed by atoms with Gasteiger partial charge in [0.2, 0.25) is 0 Å². The Hall–Kier alpha value is -2.83.